The summed E-state index contributed by atoms with van der Waals surface area (Å²) in [6.07, 6.45) is 3.50. The summed E-state index contributed by atoms with van der Waals surface area (Å²) in [5.74, 6) is 0. The summed E-state index contributed by atoms with van der Waals surface area (Å²) in [5.41, 5.74) is 0. The van der Waals surface area contributed by atoms with Crippen LogP contribution in [0.25, 0.3) is 0 Å². The molecule has 9 heavy (non-hydrogen) atoms. The van der Waals surface area contributed by atoms with Gasteiger partial charge >= 0.3 is 0 Å². The van der Waals surface area contributed by atoms with Crippen LogP contribution >= 0.6 is 19.8 Å². The number of pyridine rings is 1. The molecule has 0 N–H and O–H groups in total. The molecule has 1 rings (SSSR count). The van der Waals surface area contributed by atoms with Gasteiger partial charge in [-0.15, -0.1) is 0 Å². The van der Waals surface area contributed by atoms with Gasteiger partial charge in [0.05, 0.1) is 0 Å². The molecule has 0 aliphatic heterocycles. The number of nitrogens with zero attached hydrogens (tertiary/aromatic N) is 1. The van der Waals surface area contributed by atoms with Crippen LogP contribution in [-0.2, 0) is 16.8 Å². The Morgan fingerprint density at radius 2 is 1.22 bits per heavy atom. The smallest absolute Gasteiger partial charge is 0.0267 e. The maximum absolute atomic E-state index is 3.78. The van der Waals surface area contributed by atoms with E-state index in [9.17, 15) is 0 Å². The van der Waals surface area contributed by atoms with Crippen molar-refractivity contribution in [2.45, 2.75) is 0 Å². The summed E-state index contributed by atoms with van der Waals surface area (Å²) in [6.45, 7) is 0. The van der Waals surface area contributed by atoms with E-state index in [2.05, 4.69) is 4.98 Å². The molecule has 1 aromatic rings. The van der Waals surface area contributed by atoms with E-state index in [4.69, 9.17) is 0 Å². The quantitative estimate of drug-likeness (QED) is 0.581. The third kappa shape index (κ3) is 8.52. The molecule has 0 spiro atoms. The number of hydrogen-bond donors (Lipinski definition) is 0. The van der Waals surface area contributed by atoms with Gasteiger partial charge in [-0.25, -0.2) is 0 Å². The molecule has 0 bridgehead atoms. The largest absolute Gasteiger partial charge is 0.265 e. The van der Waals surface area contributed by atoms with Crippen molar-refractivity contribution in [1.82, 2.24) is 4.98 Å². The molecular formula is C5H11CoNP2. The van der Waals surface area contributed by atoms with Crippen molar-refractivity contribution in [3.63, 3.8) is 0 Å². The van der Waals surface area contributed by atoms with Crippen LogP contribution in [0.15, 0.2) is 30.6 Å². The first-order valence-corrected chi connectivity index (χ1v) is 1.85. The van der Waals surface area contributed by atoms with Crippen LogP contribution in [0, 0.1) is 0 Å². The van der Waals surface area contributed by atoms with Gasteiger partial charge in [-0.1, -0.05) is 6.07 Å². The second kappa shape index (κ2) is 11.3. The molecule has 1 heterocycles. The molecule has 1 radical (unpaired) electrons. The summed E-state index contributed by atoms with van der Waals surface area (Å²) in [7, 11) is 0. The van der Waals surface area contributed by atoms with Crippen LogP contribution in [0.5, 0.6) is 0 Å². The second-order valence-corrected chi connectivity index (χ2v) is 1.02. The van der Waals surface area contributed by atoms with Gasteiger partial charge in [0.15, 0.2) is 0 Å². The van der Waals surface area contributed by atoms with E-state index in [1.165, 1.54) is 0 Å². The van der Waals surface area contributed by atoms with Crippen LogP contribution in [0.4, 0.5) is 0 Å². The first-order valence-electron chi connectivity index (χ1n) is 1.85. The van der Waals surface area contributed by atoms with Gasteiger partial charge in [-0.2, -0.15) is 19.8 Å². The summed E-state index contributed by atoms with van der Waals surface area (Å²) < 4.78 is 0. The minimum absolute atomic E-state index is 0. The summed E-state index contributed by atoms with van der Waals surface area (Å²) >= 11 is 0. The Morgan fingerprint density at radius 1 is 0.778 bits per heavy atom. The molecule has 1 aromatic heterocycles. The third-order valence-electron chi connectivity index (χ3n) is 0.566. The van der Waals surface area contributed by atoms with E-state index in [-0.39, 0.29) is 36.6 Å². The van der Waals surface area contributed by atoms with Gasteiger partial charge in [0.1, 0.15) is 0 Å². The Kier molecular flexibility index (Phi) is 20.5. The van der Waals surface area contributed by atoms with Crippen molar-refractivity contribution in [1.29, 1.82) is 0 Å². The number of hydrogen-bond acceptors (Lipinski definition) is 1. The standard InChI is InChI=1S/C5H5N.Co.2H3P/c1-2-4-6-5-3-1;;;/h1-5H;;2*1H3. The third-order valence-corrected chi connectivity index (χ3v) is 0.566. The van der Waals surface area contributed by atoms with Crippen LogP contribution < -0.4 is 0 Å². The molecule has 0 fully saturated rings. The number of rotatable bonds is 0. The van der Waals surface area contributed by atoms with Crippen LogP contribution in [0.3, 0.4) is 0 Å². The zero-order valence-electron chi connectivity index (χ0n) is 5.08. The van der Waals surface area contributed by atoms with Gasteiger partial charge in [0.2, 0.25) is 0 Å². The van der Waals surface area contributed by atoms with Crippen molar-refractivity contribution < 1.29 is 16.8 Å². The van der Waals surface area contributed by atoms with Crippen molar-refractivity contribution in [3.8, 4) is 0 Å². The first-order chi connectivity index (χ1) is 3.00. The Bertz CT molecular complexity index is 86.9. The zero-order valence-corrected chi connectivity index (χ0v) is 8.95. The Balaban J connectivity index is -0.000000120. The van der Waals surface area contributed by atoms with E-state index in [0.29, 0.717) is 0 Å². The molecule has 0 saturated heterocycles. The Morgan fingerprint density at radius 3 is 1.33 bits per heavy atom. The maximum atomic E-state index is 3.78. The first kappa shape index (κ1) is 16.3. The fourth-order valence-corrected chi connectivity index (χ4v) is 0.313. The van der Waals surface area contributed by atoms with E-state index < -0.39 is 0 Å². The van der Waals surface area contributed by atoms with Crippen molar-refractivity contribution in [2.24, 2.45) is 0 Å². The zero-order chi connectivity index (χ0) is 4.24. The molecule has 0 aliphatic rings. The fraction of sp³-hybridized carbons (Fsp3) is 0. The maximum Gasteiger partial charge on any atom is 0.0267 e. The van der Waals surface area contributed by atoms with Gasteiger partial charge in [0, 0.05) is 29.2 Å². The van der Waals surface area contributed by atoms with Crippen LogP contribution in [0.2, 0.25) is 0 Å². The molecule has 4 heteroatoms. The summed E-state index contributed by atoms with van der Waals surface area (Å²) in [5, 5.41) is 0. The van der Waals surface area contributed by atoms with Crippen LogP contribution in [-0.4, -0.2) is 4.98 Å². The minimum Gasteiger partial charge on any atom is -0.265 e. The molecule has 0 aromatic carbocycles. The minimum atomic E-state index is 0. The monoisotopic (exact) mass is 206 g/mol. The average Bonchev–Trinajstić information content (AvgIpc) is 1.72. The average molecular weight is 206 g/mol. The second-order valence-electron chi connectivity index (χ2n) is 1.02. The van der Waals surface area contributed by atoms with Crippen molar-refractivity contribution >= 4 is 19.8 Å². The van der Waals surface area contributed by atoms with Crippen molar-refractivity contribution in [2.75, 3.05) is 0 Å². The molecule has 55 valence electrons. The molecular weight excluding hydrogens is 195 g/mol. The van der Waals surface area contributed by atoms with Gasteiger partial charge in [0.25, 0.3) is 0 Å². The Labute approximate surface area is 72.5 Å². The summed E-state index contributed by atoms with van der Waals surface area (Å²) in [6, 6.07) is 5.72. The fourth-order valence-electron chi connectivity index (χ4n) is 0.313. The normalized spacial score (nSPS) is 5.33. The molecule has 2 atom stereocenters. The Hall–Kier alpha value is 0.516. The van der Waals surface area contributed by atoms with E-state index in [1.807, 2.05) is 18.2 Å². The molecule has 2 unspecified atom stereocenters. The van der Waals surface area contributed by atoms with E-state index in [0.717, 1.165) is 0 Å². The van der Waals surface area contributed by atoms with Crippen molar-refractivity contribution in [3.05, 3.63) is 30.6 Å². The number of aromatic nitrogens is 1. The van der Waals surface area contributed by atoms with E-state index >= 15 is 0 Å². The van der Waals surface area contributed by atoms with Gasteiger partial charge in [-0.3, -0.25) is 4.98 Å². The topological polar surface area (TPSA) is 12.9 Å². The van der Waals surface area contributed by atoms with E-state index in [1.54, 1.807) is 12.4 Å². The molecule has 1 nitrogen and oxygen atoms in total. The molecule has 0 saturated carbocycles. The molecule has 0 amide bonds. The molecule has 0 aliphatic carbocycles. The van der Waals surface area contributed by atoms with Crippen LogP contribution in [0.1, 0.15) is 0 Å². The summed E-state index contributed by atoms with van der Waals surface area (Å²) in [4.78, 5) is 3.78. The predicted octanol–water partition coefficient (Wildman–Crippen LogP) is 1.20. The SMILES string of the molecule is P.P.[Co].c1ccncc1. The van der Waals surface area contributed by atoms with Gasteiger partial charge < -0.3 is 0 Å². The predicted molar refractivity (Wildman–Crippen MR) is 46.4 cm³/mol. The van der Waals surface area contributed by atoms with Gasteiger partial charge in [-0.05, 0) is 12.1 Å².